The molecule has 0 saturated heterocycles. The molecule has 0 spiro atoms. The van der Waals surface area contributed by atoms with Crippen molar-refractivity contribution < 1.29 is 9.59 Å². The van der Waals surface area contributed by atoms with Gasteiger partial charge in [-0.15, -0.1) is 0 Å². The van der Waals surface area contributed by atoms with Crippen molar-refractivity contribution in [3.63, 3.8) is 0 Å². The van der Waals surface area contributed by atoms with Gasteiger partial charge in [0, 0.05) is 32.0 Å². The second-order valence-corrected chi connectivity index (χ2v) is 5.86. The summed E-state index contributed by atoms with van der Waals surface area (Å²) in [6, 6.07) is 0.486. The van der Waals surface area contributed by atoms with Gasteiger partial charge >= 0.3 is 0 Å². The average Bonchev–Trinajstić information content (AvgIpc) is 2.33. The molecule has 0 bridgehead atoms. The molecule has 0 heterocycles. The largest absolute Gasteiger partial charge is 0.356 e. The summed E-state index contributed by atoms with van der Waals surface area (Å²) < 4.78 is 0. The maximum atomic E-state index is 11.5. The van der Waals surface area contributed by atoms with Crippen LogP contribution in [0.2, 0.25) is 0 Å². The van der Waals surface area contributed by atoms with Crippen LogP contribution in [0.25, 0.3) is 0 Å². The van der Waals surface area contributed by atoms with E-state index in [9.17, 15) is 9.59 Å². The molecule has 0 atom stereocenters. The van der Waals surface area contributed by atoms with Crippen LogP contribution >= 0.6 is 0 Å². The third kappa shape index (κ3) is 13.3. The van der Waals surface area contributed by atoms with Gasteiger partial charge in [-0.25, -0.2) is 0 Å². The van der Waals surface area contributed by atoms with Crippen LogP contribution in [-0.4, -0.2) is 37.5 Å². The minimum absolute atomic E-state index is 0.0626. The van der Waals surface area contributed by atoms with Crippen molar-refractivity contribution in [3.8, 4) is 0 Å². The molecule has 5 heteroatoms. The van der Waals surface area contributed by atoms with Gasteiger partial charge in [0.1, 0.15) is 0 Å². The van der Waals surface area contributed by atoms with Crippen molar-refractivity contribution >= 4 is 11.8 Å². The molecule has 0 aromatic carbocycles. The molecule has 0 saturated carbocycles. The highest BCUT2D eigenvalue weighted by molar-refractivity contribution is 5.77. The number of nitrogens with one attached hydrogen (secondary N) is 3. The quantitative estimate of drug-likeness (QED) is 0.503. The zero-order valence-corrected chi connectivity index (χ0v) is 13.4. The summed E-state index contributed by atoms with van der Waals surface area (Å²) in [5, 5.41) is 9.02. The highest BCUT2D eigenvalue weighted by atomic mass is 16.2. The van der Waals surface area contributed by atoms with Crippen molar-refractivity contribution in [1.82, 2.24) is 16.0 Å². The van der Waals surface area contributed by atoms with Gasteiger partial charge in [0.2, 0.25) is 11.8 Å². The van der Waals surface area contributed by atoms with Crippen LogP contribution in [0.15, 0.2) is 0 Å². The minimum Gasteiger partial charge on any atom is -0.356 e. The number of carbonyl (C=O) groups is 2. The van der Waals surface area contributed by atoms with E-state index < -0.39 is 0 Å². The zero-order valence-electron chi connectivity index (χ0n) is 13.4. The van der Waals surface area contributed by atoms with Crippen LogP contribution in [0.5, 0.6) is 0 Å². The van der Waals surface area contributed by atoms with E-state index in [1.54, 1.807) is 0 Å². The molecule has 2 amide bonds. The third-order valence-electron chi connectivity index (χ3n) is 2.72. The maximum Gasteiger partial charge on any atom is 0.220 e. The van der Waals surface area contributed by atoms with Crippen molar-refractivity contribution in [1.29, 1.82) is 0 Å². The molecule has 3 N–H and O–H groups in total. The minimum atomic E-state index is 0.0626. The van der Waals surface area contributed by atoms with Gasteiger partial charge in [-0.05, 0) is 25.3 Å². The van der Waals surface area contributed by atoms with Crippen LogP contribution in [0.3, 0.4) is 0 Å². The normalized spacial score (nSPS) is 10.9. The molecule has 0 aliphatic rings. The van der Waals surface area contributed by atoms with Crippen molar-refractivity contribution in [2.24, 2.45) is 5.92 Å². The van der Waals surface area contributed by atoms with Gasteiger partial charge in [-0.3, -0.25) is 9.59 Å². The van der Waals surface area contributed by atoms with Gasteiger partial charge < -0.3 is 16.0 Å². The Balaban J connectivity index is 3.39. The highest BCUT2D eigenvalue weighted by Gasteiger charge is 2.05. The molecule has 0 aliphatic heterocycles. The topological polar surface area (TPSA) is 70.2 Å². The Hall–Kier alpha value is -1.10. The first-order chi connectivity index (χ1) is 9.41. The fourth-order valence-corrected chi connectivity index (χ4v) is 1.72. The van der Waals surface area contributed by atoms with Crippen LogP contribution in [0.4, 0.5) is 0 Å². The lowest BCUT2D eigenvalue weighted by atomic mass is 10.1. The van der Waals surface area contributed by atoms with E-state index in [0.717, 1.165) is 13.0 Å². The fourth-order valence-electron chi connectivity index (χ4n) is 1.72. The number of carbonyl (C=O) groups excluding carboxylic acids is 2. The van der Waals surface area contributed by atoms with Gasteiger partial charge in [0.15, 0.2) is 0 Å². The first kappa shape index (κ1) is 18.9. The van der Waals surface area contributed by atoms with Gasteiger partial charge in [-0.2, -0.15) is 0 Å². The molecule has 0 aromatic rings. The van der Waals surface area contributed by atoms with E-state index in [4.69, 9.17) is 0 Å². The molecule has 0 aromatic heterocycles. The van der Waals surface area contributed by atoms with Crippen LogP contribution in [-0.2, 0) is 9.59 Å². The maximum absolute atomic E-state index is 11.5. The Bertz CT molecular complexity index is 278. The molecule has 118 valence electrons. The second kappa shape index (κ2) is 11.7. The Kier molecular flexibility index (Phi) is 11.1. The zero-order chi connectivity index (χ0) is 15.4. The number of amides is 2. The summed E-state index contributed by atoms with van der Waals surface area (Å²) in [6.45, 7) is 10.4. The molecular formula is C15H31N3O2. The molecule has 0 rings (SSSR count). The van der Waals surface area contributed by atoms with Gasteiger partial charge in [-0.1, -0.05) is 27.7 Å². The fraction of sp³-hybridized carbons (Fsp3) is 0.867. The van der Waals surface area contributed by atoms with Crippen LogP contribution in [0.1, 0.15) is 53.4 Å². The van der Waals surface area contributed by atoms with E-state index >= 15 is 0 Å². The Morgan fingerprint density at radius 3 is 2.05 bits per heavy atom. The Morgan fingerprint density at radius 1 is 0.850 bits per heavy atom. The molecular weight excluding hydrogens is 254 g/mol. The number of hydrogen-bond acceptors (Lipinski definition) is 3. The van der Waals surface area contributed by atoms with E-state index in [1.807, 2.05) is 13.8 Å². The van der Waals surface area contributed by atoms with Gasteiger partial charge in [0.25, 0.3) is 0 Å². The van der Waals surface area contributed by atoms with Crippen molar-refractivity contribution in [2.75, 3.05) is 19.6 Å². The molecule has 5 nitrogen and oxygen atoms in total. The highest BCUT2D eigenvalue weighted by Crippen LogP contribution is 1.98. The smallest absolute Gasteiger partial charge is 0.220 e. The third-order valence-corrected chi connectivity index (χ3v) is 2.72. The van der Waals surface area contributed by atoms with Crippen molar-refractivity contribution in [3.05, 3.63) is 0 Å². The molecule has 0 radical (unpaired) electrons. The Morgan fingerprint density at radius 2 is 1.45 bits per heavy atom. The first-order valence-electron chi connectivity index (χ1n) is 7.68. The lowest BCUT2D eigenvalue weighted by Gasteiger charge is -2.09. The average molecular weight is 285 g/mol. The molecule has 0 fully saturated rings. The molecule has 20 heavy (non-hydrogen) atoms. The number of rotatable bonds is 11. The predicted octanol–water partition coefficient (Wildman–Crippen LogP) is 1.43. The van der Waals surface area contributed by atoms with E-state index in [-0.39, 0.29) is 11.8 Å². The predicted molar refractivity (Wildman–Crippen MR) is 82.5 cm³/mol. The monoisotopic (exact) mass is 285 g/mol. The van der Waals surface area contributed by atoms with Crippen LogP contribution in [0, 0.1) is 5.92 Å². The molecule has 0 unspecified atom stereocenters. The van der Waals surface area contributed by atoms with Crippen LogP contribution < -0.4 is 16.0 Å². The lowest BCUT2D eigenvalue weighted by Crippen LogP contribution is -2.30. The van der Waals surface area contributed by atoms with E-state index in [2.05, 4.69) is 29.8 Å². The summed E-state index contributed by atoms with van der Waals surface area (Å²) in [6.07, 6.45) is 2.66. The van der Waals surface area contributed by atoms with E-state index in [0.29, 0.717) is 44.3 Å². The second-order valence-electron chi connectivity index (χ2n) is 5.86. The van der Waals surface area contributed by atoms with Gasteiger partial charge in [0.05, 0.1) is 0 Å². The number of hydrogen-bond donors (Lipinski definition) is 3. The summed E-state index contributed by atoms with van der Waals surface area (Å²) in [7, 11) is 0. The molecule has 0 aliphatic carbocycles. The summed E-state index contributed by atoms with van der Waals surface area (Å²) in [5.41, 5.74) is 0. The summed E-state index contributed by atoms with van der Waals surface area (Å²) in [4.78, 5) is 22.9. The summed E-state index contributed by atoms with van der Waals surface area (Å²) in [5.74, 6) is 0.505. The summed E-state index contributed by atoms with van der Waals surface area (Å²) >= 11 is 0. The van der Waals surface area contributed by atoms with Crippen molar-refractivity contribution in [2.45, 2.75) is 59.4 Å². The van der Waals surface area contributed by atoms with E-state index in [1.165, 1.54) is 0 Å². The lowest BCUT2D eigenvalue weighted by molar-refractivity contribution is -0.123. The Labute approximate surface area is 123 Å². The standard InChI is InChI=1S/C15H31N3O2/c1-12(2)11-15(20)18-8-5-7-14(19)17-10-6-9-16-13(3)4/h12-13,16H,5-11H2,1-4H3,(H,17,19)(H,18,20). The first-order valence-corrected chi connectivity index (χ1v) is 7.68. The SMILES string of the molecule is CC(C)CC(=O)NCCCC(=O)NCCCNC(C)C.